The lowest BCUT2D eigenvalue weighted by Crippen LogP contribution is -2.18. The molecule has 1 aliphatic rings. The first-order chi connectivity index (χ1) is 9.79. The third-order valence-corrected chi connectivity index (χ3v) is 5.07. The first-order valence-electron chi connectivity index (χ1n) is 7.58. The van der Waals surface area contributed by atoms with Crippen molar-refractivity contribution in [3.05, 3.63) is 40.9 Å². The molecule has 1 aromatic carbocycles. The minimum atomic E-state index is 0.397. The second-order valence-electron chi connectivity index (χ2n) is 5.61. The third kappa shape index (κ3) is 2.94. The average molecular weight is 286 g/mol. The van der Waals surface area contributed by atoms with E-state index in [2.05, 4.69) is 48.4 Å². The van der Waals surface area contributed by atoms with Gasteiger partial charge >= 0.3 is 0 Å². The SMILES string of the molecule is CCCNC(C)c1cnc(-c2ccccc2C2CC2)s1. The molecule has 0 spiro atoms. The van der Waals surface area contributed by atoms with Crippen molar-refractivity contribution < 1.29 is 0 Å². The maximum absolute atomic E-state index is 4.66. The lowest BCUT2D eigenvalue weighted by atomic mass is 10.0. The zero-order chi connectivity index (χ0) is 13.9. The van der Waals surface area contributed by atoms with Crippen LogP contribution in [0.5, 0.6) is 0 Å². The van der Waals surface area contributed by atoms with Gasteiger partial charge in [-0.05, 0) is 44.2 Å². The molecular weight excluding hydrogens is 264 g/mol. The summed E-state index contributed by atoms with van der Waals surface area (Å²) in [4.78, 5) is 6.00. The summed E-state index contributed by atoms with van der Waals surface area (Å²) >= 11 is 1.83. The first kappa shape index (κ1) is 13.8. The highest BCUT2D eigenvalue weighted by Gasteiger charge is 2.26. The predicted octanol–water partition coefficient (Wildman–Crippen LogP) is 4.75. The highest BCUT2D eigenvalue weighted by atomic mass is 32.1. The van der Waals surface area contributed by atoms with Gasteiger partial charge in [-0.3, -0.25) is 0 Å². The fraction of sp³-hybridized carbons (Fsp3) is 0.471. The summed E-state index contributed by atoms with van der Waals surface area (Å²) in [6.45, 7) is 5.48. The molecule has 1 heterocycles. The van der Waals surface area contributed by atoms with E-state index in [1.54, 1.807) is 0 Å². The molecule has 1 N–H and O–H groups in total. The van der Waals surface area contributed by atoms with Crippen LogP contribution in [0, 0.1) is 0 Å². The summed E-state index contributed by atoms with van der Waals surface area (Å²) in [7, 11) is 0. The third-order valence-electron chi connectivity index (χ3n) is 3.86. The van der Waals surface area contributed by atoms with E-state index in [0.29, 0.717) is 6.04 Å². The predicted molar refractivity (Wildman–Crippen MR) is 86.2 cm³/mol. The van der Waals surface area contributed by atoms with Gasteiger partial charge in [0.05, 0.1) is 0 Å². The van der Waals surface area contributed by atoms with Crippen LogP contribution >= 0.6 is 11.3 Å². The van der Waals surface area contributed by atoms with Crippen molar-refractivity contribution in [2.24, 2.45) is 0 Å². The van der Waals surface area contributed by atoms with Crippen molar-refractivity contribution in [1.29, 1.82) is 0 Å². The minimum Gasteiger partial charge on any atom is -0.309 e. The van der Waals surface area contributed by atoms with Crippen LogP contribution in [0.15, 0.2) is 30.5 Å². The molecule has 1 unspecified atom stereocenters. The van der Waals surface area contributed by atoms with Crippen molar-refractivity contribution >= 4 is 11.3 Å². The van der Waals surface area contributed by atoms with Crippen LogP contribution in [0.25, 0.3) is 10.6 Å². The van der Waals surface area contributed by atoms with E-state index >= 15 is 0 Å². The van der Waals surface area contributed by atoms with Crippen LogP contribution in [0.1, 0.15) is 55.5 Å². The van der Waals surface area contributed by atoms with Crippen molar-refractivity contribution in [2.75, 3.05) is 6.54 Å². The van der Waals surface area contributed by atoms with Gasteiger partial charge in [0, 0.05) is 22.7 Å². The molecule has 0 bridgehead atoms. The molecule has 106 valence electrons. The second kappa shape index (κ2) is 6.06. The molecule has 1 atom stereocenters. The highest BCUT2D eigenvalue weighted by molar-refractivity contribution is 7.15. The molecule has 0 radical (unpaired) electrons. The van der Waals surface area contributed by atoms with Crippen LogP contribution in [-0.2, 0) is 0 Å². The Morgan fingerprint density at radius 2 is 2.15 bits per heavy atom. The molecule has 1 saturated carbocycles. The topological polar surface area (TPSA) is 24.9 Å². The van der Waals surface area contributed by atoms with E-state index in [4.69, 9.17) is 0 Å². The Labute approximate surface area is 125 Å². The summed E-state index contributed by atoms with van der Waals surface area (Å²) in [6.07, 6.45) is 5.88. The molecule has 3 rings (SSSR count). The molecule has 2 nitrogen and oxygen atoms in total. The molecule has 20 heavy (non-hydrogen) atoms. The Morgan fingerprint density at radius 3 is 2.90 bits per heavy atom. The molecule has 1 aromatic heterocycles. The second-order valence-corrected chi connectivity index (χ2v) is 6.67. The molecule has 0 amide bonds. The van der Waals surface area contributed by atoms with Gasteiger partial charge in [-0.25, -0.2) is 4.98 Å². The lowest BCUT2D eigenvalue weighted by molar-refractivity contribution is 0.577. The normalized spacial score (nSPS) is 16.3. The van der Waals surface area contributed by atoms with Gasteiger partial charge < -0.3 is 5.32 Å². The summed E-state index contributed by atoms with van der Waals surface area (Å²) in [5, 5.41) is 4.71. The van der Waals surface area contributed by atoms with Crippen molar-refractivity contribution in [3.63, 3.8) is 0 Å². The number of benzene rings is 1. The summed E-state index contributed by atoms with van der Waals surface area (Å²) < 4.78 is 0. The summed E-state index contributed by atoms with van der Waals surface area (Å²) in [5.41, 5.74) is 2.83. The number of nitrogens with zero attached hydrogens (tertiary/aromatic N) is 1. The van der Waals surface area contributed by atoms with E-state index in [-0.39, 0.29) is 0 Å². The fourth-order valence-corrected chi connectivity index (χ4v) is 3.50. The number of thiazole rings is 1. The Balaban J connectivity index is 1.83. The van der Waals surface area contributed by atoms with E-state index in [0.717, 1.165) is 12.5 Å². The van der Waals surface area contributed by atoms with Crippen LogP contribution in [-0.4, -0.2) is 11.5 Å². The monoisotopic (exact) mass is 286 g/mol. The Kier molecular flexibility index (Phi) is 4.18. The van der Waals surface area contributed by atoms with E-state index in [1.807, 2.05) is 17.5 Å². The fourth-order valence-electron chi connectivity index (χ4n) is 2.51. The zero-order valence-electron chi connectivity index (χ0n) is 12.2. The first-order valence-corrected chi connectivity index (χ1v) is 8.39. The summed E-state index contributed by atoms with van der Waals surface area (Å²) in [6, 6.07) is 9.17. The van der Waals surface area contributed by atoms with E-state index < -0.39 is 0 Å². The van der Waals surface area contributed by atoms with Gasteiger partial charge in [0.2, 0.25) is 0 Å². The molecule has 3 heteroatoms. The zero-order valence-corrected chi connectivity index (χ0v) is 13.0. The maximum Gasteiger partial charge on any atom is 0.123 e. The maximum atomic E-state index is 4.66. The molecule has 0 saturated heterocycles. The van der Waals surface area contributed by atoms with Crippen LogP contribution in [0.2, 0.25) is 0 Å². The van der Waals surface area contributed by atoms with Gasteiger partial charge in [-0.1, -0.05) is 31.2 Å². The molecule has 1 fully saturated rings. The Morgan fingerprint density at radius 1 is 1.35 bits per heavy atom. The molecular formula is C17H22N2S. The number of nitrogens with one attached hydrogen (secondary N) is 1. The molecule has 2 aromatic rings. The van der Waals surface area contributed by atoms with Gasteiger partial charge in [-0.2, -0.15) is 0 Å². The van der Waals surface area contributed by atoms with E-state index in [1.165, 1.54) is 40.3 Å². The van der Waals surface area contributed by atoms with Gasteiger partial charge in [0.15, 0.2) is 0 Å². The van der Waals surface area contributed by atoms with Gasteiger partial charge in [-0.15, -0.1) is 11.3 Å². The quantitative estimate of drug-likeness (QED) is 0.829. The van der Waals surface area contributed by atoms with Gasteiger partial charge in [0.25, 0.3) is 0 Å². The van der Waals surface area contributed by atoms with Crippen LogP contribution in [0.4, 0.5) is 0 Å². The number of rotatable bonds is 6. The van der Waals surface area contributed by atoms with Crippen molar-refractivity contribution in [2.45, 2.75) is 45.1 Å². The number of hydrogen-bond donors (Lipinski definition) is 1. The Hall–Kier alpha value is -1.19. The highest BCUT2D eigenvalue weighted by Crippen LogP contribution is 2.45. The van der Waals surface area contributed by atoms with E-state index in [9.17, 15) is 0 Å². The molecule has 0 aliphatic heterocycles. The standard InChI is InChI=1S/C17H22N2S/c1-3-10-18-12(2)16-11-19-17(20-16)15-7-5-4-6-14(15)13-8-9-13/h4-7,11-13,18H,3,8-10H2,1-2H3. The average Bonchev–Trinajstić information content (AvgIpc) is 3.21. The van der Waals surface area contributed by atoms with Crippen LogP contribution < -0.4 is 5.32 Å². The smallest absolute Gasteiger partial charge is 0.123 e. The molecule has 1 aliphatic carbocycles. The number of hydrogen-bond acceptors (Lipinski definition) is 3. The van der Waals surface area contributed by atoms with Crippen LogP contribution in [0.3, 0.4) is 0 Å². The summed E-state index contributed by atoms with van der Waals surface area (Å²) in [5.74, 6) is 0.772. The minimum absolute atomic E-state index is 0.397. The lowest BCUT2D eigenvalue weighted by Gasteiger charge is -2.10. The largest absolute Gasteiger partial charge is 0.309 e. The number of aromatic nitrogens is 1. The van der Waals surface area contributed by atoms with Crippen molar-refractivity contribution in [1.82, 2.24) is 10.3 Å². The van der Waals surface area contributed by atoms with Gasteiger partial charge in [0.1, 0.15) is 5.01 Å². The van der Waals surface area contributed by atoms with Crippen molar-refractivity contribution in [3.8, 4) is 10.6 Å². The Bertz CT molecular complexity index is 572.